The number of Topliss-reactive ketones (excluding diaryl/α,β-unsaturated/α-hetero) is 1. The van der Waals surface area contributed by atoms with Gasteiger partial charge in [0.15, 0.2) is 5.78 Å². The minimum Gasteiger partial charge on any atom is -0.314 e. The molecule has 2 heterocycles. The third-order valence-electron chi connectivity index (χ3n) is 2.38. The van der Waals surface area contributed by atoms with Gasteiger partial charge in [0.2, 0.25) is 0 Å². The SMILES string of the molecule is O=C1CCNCC1n1cc([N+](=O)[O-])cn1. The number of hydrogen-bond donors (Lipinski definition) is 1. The van der Waals surface area contributed by atoms with Crippen LogP contribution in [-0.4, -0.2) is 33.6 Å². The molecule has 1 aliphatic heterocycles. The van der Waals surface area contributed by atoms with Gasteiger partial charge in [-0.15, -0.1) is 0 Å². The Morgan fingerprint density at radius 3 is 3.07 bits per heavy atom. The smallest absolute Gasteiger partial charge is 0.307 e. The highest BCUT2D eigenvalue weighted by Gasteiger charge is 2.25. The van der Waals surface area contributed by atoms with Crippen molar-refractivity contribution in [2.45, 2.75) is 12.5 Å². The molecule has 80 valence electrons. The van der Waals surface area contributed by atoms with Gasteiger partial charge in [-0.2, -0.15) is 5.10 Å². The predicted molar refractivity (Wildman–Crippen MR) is 50.4 cm³/mol. The second kappa shape index (κ2) is 3.77. The van der Waals surface area contributed by atoms with Crippen molar-refractivity contribution >= 4 is 11.5 Å². The summed E-state index contributed by atoms with van der Waals surface area (Å²) in [7, 11) is 0. The molecule has 0 aromatic carbocycles. The van der Waals surface area contributed by atoms with Gasteiger partial charge in [-0.05, 0) is 0 Å². The Bertz CT molecular complexity index is 400. The quantitative estimate of drug-likeness (QED) is 0.543. The lowest BCUT2D eigenvalue weighted by atomic mass is 10.1. The van der Waals surface area contributed by atoms with Crippen molar-refractivity contribution in [3.8, 4) is 0 Å². The number of ketones is 1. The van der Waals surface area contributed by atoms with Gasteiger partial charge >= 0.3 is 5.69 Å². The molecule has 7 nitrogen and oxygen atoms in total. The number of hydrogen-bond acceptors (Lipinski definition) is 5. The van der Waals surface area contributed by atoms with E-state index in [9.17, 15) is 14.9 Å². The summed E-state index contributed by atoms with van der Waals surface area (Å²) in [4.78, 5) is 21.4. The number of carbonyl (C=O) groups is 1. The van der Waals surface area contributed by atoms with Crippen molar-refractivity contribution in [2.75, 3.05) is 13.1 Å². The van der Waals surface area contributed by atoms with Crippen LogP contribution < -0.4 is 5.32 Å². The van der Waals surface area contributed by atoms with E-state index in [0.29, 0.717) is 19.5 Å². The summed E-state index contributed by atoms with van der Waals surface area (Å²) < 4.78 is 1.35. The van der Waals surface area contributed by atoms with Gasteiger partial charge in [0.05, 0.1) is 4.92 Å². The van der Waals surface area contributed by atoms with Gasteiger partial charge < -0.3 is 5.32 Å². The molecule has 7 heteroatoms. The van der Waals surface area contributed by atoms with Crippen molar-refractivity contribution in [2.24, 2.45) is 0 Å². The van der Waals surface area contributed by atoms with Crippen LogP contribution in [0.15, 0.2) is 12.4 Å². The van der Waals surface area contributed by atoms with E-state index in [1.54, 1.807) is 0 Å². The summed E-state index contributed by atoms with van der Waals surface area (Å²) in [5, 5.41) is 17.3. The van der Waals surface area contributed by atoms with Gasteiger partial charge in [0.1, 0.15) is 18.4 Å². The standard InChI is InChI=1S/C8H10N4O3/c13-8-1-2-9-4-7(8)11-5-6(3-10-11)12(14)15/h3,5,7,9H,1-2,4H2. The fraction of sp³-hybridized carbons (Fsp3) is 0.500. The lowest BCUT2D eigenvalue weighted by molar-refractivity contribution is -0.385. The van der Waals surface area contributed by atoms with Gasteiger partial charge in [0.25, 0.3) is 0 Å². The summed E-state index contributed by atoms with van der Waals surface area (Å²) in [6.45, 7) is 1.15. The molecule has 1 aromatic heterocycles. The second-order valence-corrected chi connectivity index (χ2v) is 3.37. The van der Waals surface area contributed by atoms with E-state index in [0.717, 1.165) is 6.20 Å². The molecule has 0 bridgehead atoms. The molecule has 1 aliphatic rings. The fourth-order valence-corrected chi connectivity index (χ4v) is 1.56. The summed E-state index contributed by atoms with van der Waals surface area (Å²) in [5.74, 6) is 0.0618. The third kappa shape index (κ3) is 1.86. The van der Waals surface area contributed by atoms with Crippen LogP contribution in [0.4, 0.5) is 5.69 Å². The average molecular weight is 210 g/mol. The van der Waals surface area contributed by atoms with Crippen LogP contribution in [-0.2, 0) is 4.79 Å². The number of carbonyl (C=O) groups excluding carboxylic acids is 1. The van der Waals surface area contributed by atoms with E-state index in [1.165, 1.54) is 10.9 Å². The lowest BCUT2D eigenvalue weighted by Crippen LogP contribution is -2.38. The van der Waals surface area contributed by atoms with E-state index in [-0.39, 0.29) is 11.5 Å². The molecule has 15 heavy (non-hydrogen) atoms. The molecule has 1 saturated heterocycles. The van der Waals surface area contributed by atoms with E-state index in [1.807, 2.05) is 0 Å². The van der Waals surface area contributed by atoms with Crippen LogP contribution in [0.25, 0.3) is 0 Å². The van der Waals surface area contributed by atoms with Crippen molar-refractivity contribution in [1.29, 1.82) is 0 Å². The first-order valence-electron chi connectivity index (χ1n) is 4.60. The maximum atomic E-state index is 11.5. The van der Waals surface area contributed by atoms with Gasteiger partial charge in [-0.1, -0.05) is 0 Å². The van der Waals surface area contributed by atoms with E-state index in [4.69, 9.17) is 0 Å². The largest absolute Gasteiger partial charge is 0.314 e. The number of rotatable bonds is 2. The van der Waals surface area contributed by atoms with Crippen LogP contribution >= 0.6 is 0 Å². The Morgan fingerprint density at radius 2 is 2.47 bits per heavy atom. The van der Waals surface area contributed by atoms with Gasteiger partial charge in [-0.3, -0.25) is 19.6 Å². The molecule has 0 saturated carbocycles. The number of aromatic nitrogens is 2. The Kier molecular flexibility index (Phi) is 2.46. The zero-order valence-corrected chi connectivity index (χ0v) is 7.92. The summed E-state index contributed by atoms with van der Waals surface area (Å²) in [6, 6.07) is -0.410. The maximum Gasteiger partial charge on any atom is 0.307 e. The zero-order valence-electron chi connectivity index (χ0n) is 7.92. The van der Waals surface area contributed by atoms with Crippen molar-refractivity contribution in [3.63, 3.8) is 0 Å². The van der Waals surface area contributed by atoms with Crippen LogP contribution in [0.2, 0.25) is 0 Å². The molecular formula is C8H10N4O3. The first kappa shape index (κ1) is 9.78. The van der Waals surface area contributed by atoms with Crippen LogP contribution in [0.5, 0.6) is 0 Å². The predicted octanol–water partition coefficient (Wildman–Crippen LogP) is -0.105. The highest BCUT2D eigenvalue weighted by Crippen LogP contribution is 2.16. The van der Waals surface area contributed by atoms with Crippen LogP contribution in [0, 0.1) is 10.1 Å². The Labute approximate surface area is 85.2 Å². The molecule has 0 aliphatic carbocycles. The molecule has 1 aromatic rings. The number of piperidine rings is 1. The van der Waals surface area contributed by atoms with E-state index >= 15 is 0 Å². The molecule has 1 N–H and O–H groups in total. The Hall–Kier alpha value is -1.76. The van der Waals surface area contributed by atoms with Crippen molar-refractivity contribution in [3.05, 3.63) is 22.5 Å². The highest BCUT2D eigenvalue weighted by molar-refractivity contribution is 5.83. The van der Waals surface area contributed by atoms with Gasteiger partial charge in [0, 0.05) is 19.5 Å². The molecule has 0 amide bonds. The van der Waals surface area contributed by atoms with Gasteiger partial charge in [-0.25, -0.2) is 0 Å². The Balaban J connectivity index is 2.20. The van der Waals surface area contributed by atoms with E-state index < -0.39 is 11.0 Å². The van der Waals surface area contributed by atoms with Crippen molar-refractivity contribution < 1.29 is 9.72 Å². The molecule has 0 radical (unpaired) electrons. The first-order chi connectivity index (χ1) is 7.18. The molecule has 1 atom stereocenters. The topological polar surface area (TPSA) is 90.1 Å². The normalized spacial score (nSPS) is 21.6. The highest BCUT2D eigenvalue weighted by atomic mass is 16.6. The van der Waals surface area contributed by atoms with Crippen LogP contribution in [0.3, 0.4) is 0 Å². The number of nitrogens with one attached hydrogen (secondary N) is 1. The molecule has 1 fully saturated rings. The third-order valence-corrected chi connectivity index (χ3v) is 2.38. The molecule has 1 unspecified atom stereocenters. The Morgan fingerprint density at radius 1 is 1.67 bits per heavy atom. The minimum atomic E-state index is -0.524. The average Bonchev–Trinajstić information content (AvgIpc) is 2.67. The summed E-state index contributed by atoms with van der Waals surface area (Å²) in [5.41, 5.74) is -0.0895. The number of nitrogens with zero attached hydrogens (tertiary/aromatic N) is 3. The number of nitro groups is 1. The minimum absolute atomic E-state index is 0.0618. The van der Waals surface area contributed by atoms with Crippen LogP contribution in [0.1, 0.15) is 12.5 Å². The maximum absolute atomic E-state index is 11.5. The summed E-state index contributed by atoms with van der Waals surface area (Å²) >= 11 is 0. The summed E-state index contributed by atoms with van der Waals surface area (Å²) in [6.07, 6.45) is 2.88. The van der Waals surface area contributed by atoms with E-state index in [2.05, 4.69) is 10.4 Å². The lowest BCUT2D eigenvalue weighted by Gasteiger charge is -2.21. The second-order valence-electron chi connectivity index (χ2n) is 3.37. The fourth-order valence-electron chi connectivity index (χ4n) is 1.56. The molecule has 0 spiro atoms. The molecular weight excluding hydrogens is 200 g/mol. The monoisotopic (exact) mass is 210 g/mol. The molecule has 2 rings (SSSR count). The first-order valence-corrected chi connectivity index (χ1v) is 4.60. The van der Waals surface area contributed by atoms with Crippen molar-refractivity contribution in [1.82, 2.24) is 15.1 Å². The zero-order chi connectivity index (χ0) is 10.8.